The highest BCUT2D eigenvalue weighted by atomic mass is 16.4. The summed E-state index contributed by atoms with van der Waals surface area (Å²) < 4.78 is 0. The number of carbonyl (C=O) groups excluding carboxylic acids is 1. The lowest BCUT2D eigenvalue weighted by Gasteiger charge is -2.39. The smallest absolute Gasteiger partial charge is 0.404 e. The molecule has 122 valence electrons. The molecule has 2 atom stereocenters. The topological polar surface area (TPSA) is 82.5 Å². The Kier molecular flexibility index (Phi) is 3.47. The molecule has 0 radical (unpaired) electrons. The molecule has 6 heteroatoms. The highest BCUT2D eigenvalue weighted by Crippen LogP contribution is 2.39. The third-order valence-corrected chi connectivity index (χ3v) is 5.31. The van der Waals surface area contributed by atoms with E-state index in [4.69, 9.17) is 5.11 Å². The molecule has 2 N–H and O–H groups in total. The molecule has 4 rings (SSSR count). The number of anilines is 1. The molecule has 3 aliphatic rings. The molecule has 1 aromatic heterocycles. The number of carbonyl (C=O) groups is 2. The fourth-order valence-corrected chi connectivity index (χ4v) is 4.11. The largest absolute Gasteiger partial charge is 0.465 e. The zero-order chi connectivity index (χ0) is 16.0. The summed E-state index contributed by atoms with van der Waals surface area (Å²) >= 11 is 0. The van der Waals surface area contributed by atoms with Gasteiger partial charge in [0.2, 0.25) is 0 Å². The Labute approximate surface area is 134 Å². The molecule has 2 bridgehead atoms. The van der Waals surface area contributed by atoms with Crippen molar-refractivity contribution in [3.05, 3.63) is 23.9 Å². The van der Waals surface area contributed by atoms with E-state index in [9.17, 15) is 9.59 Å². The Hall–Kier alpha value is -2.11. The summed E-state index contributed by atoms with van der Waals surface area (Å²) in [6, 6.07) is 4.55. The fraction of sp³-hybridized carbons (Fsp3) is 0.588. The number of carboxylic acid groups (broad SMARTS) is 1. The molecule has 2 unspecified atom stereocenters. The fourth-order valence-electron chi connectivity index (χ4n) is 4.11. The predicted molar refractivity (Wildman–Crippen MR) is 84.8 cm³/mol. The van der Waals surface area contributed by atoms with Gasteiger partial charge in [0, 0.05) is 35.8 Å². The minimum Gasteiger partial charge on any atom is -0.465 e. The third-order valence-electron chi connectivity index (χ3n) is 5.31. The van der Waals surface area contributed by atoms with Gasteiger partial charge in [-0.1, -0.05) is 0 Å². The molecule has 1 amide bonds. The van der Waals surface area contributed by atoms with E-state index >= 15 is 0 Å². The Morgan fingerprint density at radius 1 is 1.13 bits per heavy atom. The lowest BCUT2D eigenvalue weighted by Crippen LogP contribution is -2.50. The van der Waals surface area contributed by atoms with Crippen molar-refractivity contribution >= 4 is 17.7 Å². The highest BCUT2D eigenvalue weighted by molar-refractivity contribution is 5.99. The maximum absolute atomic E-state index is 12.1. The van der Waals surface area contributed by atoms with Gasteiger partial charge in [-0.15, -0.1) is 0 Å². The number of ketones is 1. The van der Waals surface area contributed by atoms with Crippen LogP contribution in [0.4, 0.5) is 10.6 Å². The number of Topliss-reactive ketones (excluding diaryl/α,β-unsaturated/α-hetero) is 1. The number of aromatic nitrogens is 1. The minimum absolute atomic E-state index is 0.0389. The van der Waals surface area contributed by atoms with Crippen LogP contribution < -0.4 is 10.2 Å². The van der Waals surface area contributed by atoms with Crippen LogP contribution in [0.2, 0.25) is 0 Å². The minimum atomic E-state index is -0.941. The molecule has 6 nitrogen and oxygen atoms in total. The summed E-state index contributed by atoms with van der Waals surface area (Å²) in [6.07, 6.45) is 6.59. The molecule has 0 aromatic carbocycles. The molecule has 1 aromatic rings. The Morgan fingerprint density at radius 2 is 1.83 bits per heavy atom. The molecule has 3 fully saturated rings. The molecular weight excluding hydrogens is 294 g/mol. The average molecular weight is 315 g/mol. The van der Waals surface area contributed by atoms with E-state index in [0.717, 1.165) is 44.3 Å². The van der Waals surface area contributed by atoms with E-state index < -0.39 is 6.09 Å². The van der Waals surface area contributed by atoms with Gasteiger partial charge in [-0.2, -0.15) is 0 Å². The average Bonchev–Trinajstić information content (AvgIpc) is 3.32. The Morgan fingerprint density at radius 3 is 2.35 bits per heavy atom. The summed E-state index contributed by atoms with van der Waals surface area (Å²) in [5, 5.41) is 11.5. The number of piperidine rings is 1. The van der Waals surface area contributed by atoms with Crippen LogP contribution in [-0.4, -0.2) is 40.1 Å². The van der Waals surface area contributed by atoms with Crippen molar-refractivity contribution < 1.29 is 14.7 Å². The van der Waals surface area contributed by atoms with Crippen molar-refractivity contribution in [1.29, 1.82) is 0 Å². The summed E-state index contributed by atoms with van der Waals surface area (Å²) in [5.74, 6) is 1.35. The summed E-state index contributed by atoms with van der Waals surface area (Å²) in [6.45, 7) is 0. The number of amides is 1. The van der Waals surface area contributed by atoms with Crippen LogP contribution in [-0.2, 0) is 0 Å². The number of nitrogens with zero attached hydrogens (tertiary/aromatic N) is 2. The van der Waals surface area contributed by atoms with Gasteiger partial charge in [-0.05, 0) is 50.7 Å². The van der Waals surface area contributed by atoms with Crippen molar-refractivity contribution in [2.24, 2.45) is 5.92 Å². The molecule has 2 aliphatic heterocycles. The summed E-state index contributed by atoms with van der Waals surface area (Å²) in [5.41, 5.74) is 0.714. The predicted octanol–water partition coefficient (Wildman–Crippen LogP) is 2.44. The van der Waals surface area contributed by atoms with E-state index in [1.54, 1.807) is 6.20 Å². The Balaban J connectivity index is 1.48. The second-order valence-corrected chi connectivity index (χ2v) is 6.95. The molecule has 1 saturated carbocycles. The van der Waals surface area contributed by atoms with Gasteiger partial charge in [-0.3, -0.25) is 4.79 Å². The van der Waals surface area contributed by atoms with E-state index in [-0.39, 0.29) is 17.7 Å². The van der Waals surface area contributed by atoms with E-state index in [2.05, 4.69) is 15.2 Å². The van der Waals surface area contributed by atoms with Crippen molar-refractivity contribution in [3.8, 4) is 0 Å². The zero-order valence-electron chi connectivity index (χ0n) is 12.9. The molecule has 23 heavy (non-hydrogen) atoms. The van der Waals surface area contributed by atoms with Crippen LogP contribution in [0.15, 0.2) is 18.3 Å². The highest BCUT2D eigenvalue weighted by Gasteiger charge is 2.41. The first kappa shape index (κ1) is 14.5. The zero-order valence-corrected chi connectivity index (χ0v) is 12.9. The second kappa shape index (κ2) is 5.51. The standard InChI is InChI=1S/C17H21N3O3/c21-16(10-1-2-10)11-3-6-15(18-9-11)20-13-4-5-14(20)8-12(7-13)19-17(22)23/h3,6,9-10,12-14,19H,1-2,4-5,7-8H2,(H,22,23). The summed E-state index contributed by atoms with van der Waals surface area (Å²) in [7, 11) is 0. The van der Waals surface area contributed by atoms with Crippen LogP contribution in [0.1, 0.15) is 48.9 Å². The van der Waals surface area contributed by atoms with E-state index in [1.807, 2.05) is 12.1 Å². The Bertz CT molecular complexity index is 612. The van der Waals surface area contributed by atoms with E-state index in [1.165, 1.54) is 0 Å². The molecule has 0 spiro atoms. The number of fused-ring (bicyclic) bond motifs is 2. The third kappa shape index (κ3) is 2.78. The van der Waals surface area contributed by atoms with Crippen LogP contribution >= 0.6 is 0 Å². The monoisotopic (exact) mass is 315 g/mol. The van der Waals surface area contributed by atoms with Gasteiger partial charge in [0.15, 0.2) is 5.78 Å². The number of hydrogen-bond donors (Lipinski definition) is 2. The SMILES string of the molecule is O=C(O)NC1CC2CCC(C1)N2c1ccc(C(=O)C2CC2)cn1. The van der Waals surface area contributed by atoms with Gasteiger partial charge < -0.3 is 15.3 Å². The molecule has 2 saturated heterocycles. The lowest BCUT2D eigenvalue weighted by atomic mass is 9.97. The maximum Gasteiger partial charge on any atom is 0.404 e. The second-order valence-electron chi connectivity index (χ2n) is 6.95. The quantitative estimate of drug-likeness (QED) is 0.834. The molecular formula is C17H21N3O3. The van der Waals surface area contributed by atoms with Crippen LogP contribution in [0.3, 0.4) is 0 Å². The van der Waals surface area contributed by atoms with Crippen molar-refractivity contribution in [2.45, 2.75) is 56.7 Å². The van der Waals surface area contributed by atoms with Crippen molar-refractivity contribution in [1.82, 2.24) is 10.3 Å². The number of nitrogens with one attached hydrogen (secondary N) is 1. The van der Waals surface area contributed by atoms with Gasteiger partial charge in [0.25, 0.3) is 0 Å². The summed E-state index contributed by atoms with van der Waals surface area (Å²) in [4.78, 5) is 29.8. The van der Waals surface area contributed by atoms with Gasteiger partial charge in [0.05, 0.1) is 0 Å². The first-order valence-electron chi connectivity index (χ1n) is 8.40. The van der Waals surface area contributed by atoms with E-state index in [0.29, 0.717) is 17.6 Å². The van der Waals surface area contributed by atoms with Crippen LogP contribution in [0.5, 0.6) is 0 Å². The number of rotatable bonds is 4. The van der Waals surface area contributed by atoms with Gasteiger partial charge >= 0.3 is 6.09 Å². The number of hydrogen-bond acceptors (Lipinski definition) is 4. The van der Waals surface area contributed by atoms with Gasteiger partial charge in [0.1, 0.15) is 5.82 Å². The van der Waals surface area contributed by atoms with Gasteiger partial charge in [-0.25, -0.2) is 9.78 Å². The lowest BCUT2D eigenvalue weighted by molar-refractivity contribution is 0.0967. The maximum atomic E-state index is 12.1. The van der Waals surface area contributed by atoms with Crippen molar-refractivity contribution in [3.63, 3.8) is 0 Å². The number of pyridine rings is 1. The van der Waals surface area contributed by atoms with Crippen LogP contribution in [0, 0.1) is 5.92 Å². The molecule has 1 aliphatic carbocycles. The first-order chi connectivity index (χ1) is 11.1. The normalized spacial score (nSPS) is 29.4. The van der Waals surface area contributed by atoms with Crippen LogP contribution in [0.25, 0.3) is 0 Å². The molecule has 3 heterocycles. The van der Waals surface area contributed by atoms with Crippen molar-refractivity contribution in [2.75, 3.05) is 4.90 Å². The first-order valence-corrected chi connectivity index (χ1v) is 8.40.